The van der Waals surface area contributed by atoms with Crippen LogP contribution in [-0.4, -0.2) is 7.05 Å². The number of hydrogen-bond acceptors (Lipinski definition) is 1. The van der Waals surface area contributed by atoms with E-state index in [0.717, 1.165) is 5.56 Å². The van der Waals surface area contributed by atoms with Crippen molar-refractivity contribution in [3.8, 4) is 0 Å². The second-order valence-corrected chi connectivity index (χ2v) is 4.08. The minimum Gasteiger partial charge on any atom is -0.313 e. The van der Waals surface area contributed by atoms with Crippen LogP contribution < -0.4 is 5.32 Å². The maximum absolute atomic E-state index is 13.0. The number of hydrogen-bond donors (Lipinski definition) is 1. The Labute approximate surface area is 89.3 Å². The molecule has 1 atom stereocenters. The molecular formula is C11H15ClFN. The molecule has 0 aliphatic heterocycles. The molecule has 0 amide bonds. The quantitative estimate of drug-likeness (QED) is 0.815. The Kier molecular flexibility index (Phi) is 3.90. The van der Waals surface area contributed by atoms with E-state index in [-0.39, 0.29) is 11.9 Å². The summed E-state index contributed by atoms with van der Waals surface area (Å²) in [6, 6.07) is 4.56. The van der Waals surface area contributed by atoms with Crippen LogP contribution in [-0.2, 0) is 0 Å². The Morgan fingerprint density at radius 2 is 2.00 bits per heavy atom. The molecule has 0 saturated carbocycles. The molecule has 1 N–H and O–H groups in total. The van der Waals surface area contributed by atoms with Gasteiger partial charge in [0.05, 0.1) is 0 Å². The highest BCUT2D eigenvalue weighted by atomic mass is 35.5. The van der Waals surface area contributed by atoms with Gasteiger partial charge in [0.15, 0.2) is 0 Å². The van der Waals surface area contributed by atoms with Gasteiger partial charge < -0.3 is 5.32 Å². The summed E-state index contributed by atoms with van der Waals surface area (Å²) in [5, 5.41) is 3.75. The number of nitrogens with one attached hydrogen (secondary N) is 1. The number of rotatable bonds is 3. The van der Waals surface area contributed by atoms with Gasteiger partial charge in [-0.25, -0.2) is 4.39 Å². The molecule has 0 aromatic heterocycles. The van der Waals surface area contributed by atoms with E-state index in [1.54, 1.807) is 6.07 Å². The standard InChI is InChI=1S/C11H15ClFN/c1-7(2)11(14-3)9-6-8(13)4-5-10(9)12/h4-7,11,14H,1-3H3. The third-order valence-corrected chi connectivity index (χ3v) is 2.61. The van der Waals surface area contributed by atoms with Crippen molar-refractivity contribution in [1.29, 1.82) is 0 Å². The lowest BCUT2D eigenvalue weighted by Crippen LogP contribution is -2.22. The first-order valence-electron chi connectivity index (χ1n) is 4.68. The predicted molar refractivity (Wildman–Crippen MR) is 58.0 cm³/mol. The molecule has 0 spiro atoms. The topological polar surface area (TPSA) is 12.0 Å². The molecule has 1 unspecified atom stereocenters. The Balaban J connectivity index is 3.08. The summed E-state index contributed by atoms with van der Waals surface area (Å²) in [5.41, 5.74) is 0.823. The van der Waals surface area contributed by atoms with Gasteiger partial charge in [0, 0.05) is 11.1 Å². The molecule has 0 heterocycles. The lowest BCUT2D eigenvalue weighted by molar-refractivity contribution is 0.441. The van der Waals surface area contributed by atoms with E-state index in [0.29, 0.717) is 10.9 Å². The van der Waals surface area contributed by atoms with Gasteiger partial charge in [-0.3, -0.25) is 0 Å². The smallest absolute Gasteiger partial charge is 0.123 e. The maximum Gasteiger partial charge on any atom is 0.123 e. The average molecular weight is 216 g/mol. The highest BCUT2D eigenvalue weighted by Crippen LogP contribution is 2.28. The zero-order chi connectivity index (χ0) is 10.7. The zero-order valence-electron chi connectivity index (χ0n) is 8.64. The van der Waals surface area contributed by atoms with Gasteiger partial charge in [-0.1, -0.05) is 25.4 Å². The molecule has 1 aromatic rings. The second kappa shape index (κ2) is 4.76. The highest BCUT2D eigenvalue weighted by molar-refractivity contribution is 6.31. The molecule has 0 aliphatic rings. The van der Waals surface area contributed by atoms with E-state index in [4.69, 9.17) is 11.6 Å². The van der Waals surface area contributed by atoms with Crippen molar-refractivity contribution in [3.63, 3.8) is 0 Å². The fourth-order valence-electron chi connectivity index (χ4n) is 1.60. The van der Waals surface area contributed by atoms with Crippen molar-refractivity contribution >= 4 is 11.6 Å². The summed E-state index contributed by atoms with van der Waals surface area (Å²) in [6.45, 7) is 4.14. The van der Waals surface area contributed by atoms with Gasteiger partial charge >= 0.3 is 0 Å². The van der Waals surface area contributed by atoms with Crippen LogP contribution in [0.4, 0.5) is 4.39 Å². The SMILES string of the molecule is CNC(c1cc(F)ccc1Cl)C(C)C. The Hall–Kier alpha value is -0.600. The summed E-state index contributed by atoms with van der Waals surface area (Å²) < 4.78 is 13.0. The van der Waals surface area contributed by atoms with E-state index in [2.05, 4.69) is 19.2 Å². The maximum atomic E-state index is 13.0. The Morgan fingerprint density at radius 1 is 1.36 bits per heavy atom. The molecular weight excluding hydrogens is 201 g/mol. The van der Waals surface area contributed by atoms with E-state index in [1.165, 1.54) is 12.1 Å². The van der Waals surface area contributed by atoms with Gasteiger partial charge in [0.25, 0.3) is 0 Å². The average Bonchev–Trinajstić information content (AvgIpc) is 2.11. The minimum atomic E-state index is -0.245. The first-order chi connectivity index (χ1) is 6.56. The third kappa shape index (κ3) is 2.46. The van der Waals surface area contributed by atoms with Crippen molar-refractivity contribution in [2.45, 2.75) is 19.9 Å². The summed E-state index contributed by atoms with van der Waals surface area (Å²) in [5.74, 6) is 0.129. The van der Waals surface area contributed by atoms with Crippen LogP contribution >= 0.6 is 11.6 Å². The van der Waals surface area contributed by atoms with Crippen LogP contribution in [0.2, 0.25) is 5.02 Å². The van der Waals surface area contributed by atoms with Crippen LogP contribution in [0.1, 0.15) is 25.5 Å². The zero-order valence-corrected chi connectivity index (χ0v) is 9.40. The number of halogens is 2. The van der Waals surface area contributed by atoms with Crippen LogP contribution in [0.15, 0.2) is 18.2 Å². The van der Waals surface area contributed by atoms with Gasteiger partial charge in [-0.05, 0) is 36.7 Å². The molecule has 1 aromatic carbocycles. The van der Waals surface area contributed by atoms with Crippen LogP contribution in [0.5, 0.6) is 0 Å². The molecule has 3 heteroatoms. The monoisotopic (exact) mass is 215 g/mol. The molecule has 0 fully saturated rings. The molecule has 1 rings (SSSR count). The lowest BCUT2D eigenvalue weighted by atomic mass is 9.96. The van der Waals surface area contributed by atoms with Crippen molar-refractivity contribution in [3.05, 3.63) is 34.6 Å². The highest BCUT2D eigenvalue weighted by Gasteiger charge is 2.16. The third-order valence-electron chi connectivity index (χ3n) is 2.27. The predicted octanol–water partition coefficient (Wildman–Crippen LogP) is 3.40. The molecule has 78 valence electrons. The molecule has 0 radical (unpaired) electrons. The Bertz CT molecular complexity index is 312. The van der Waals surface area contributed by atoms with E-state index < -0.39 is 0 Å². The fraction of sp³-hybridized carbons (Fsp3) is 0.455. The number of benzene rings is 1. The fourth-order valence-corrected chi connectivity index (χ4v) is 1.84. The van der Waals surface area contributed by atoms with Gasteiger partial charge in [-0.2, -0.15) is 0 Å². The normalized spacial score (nSPS) is 13.3. The van der Waals surface area contributed by atoms with E-state index in [9.17, 15) is 4.39 Å². The molecule has 0 saturated heterocycles. The van der Waals surface area contributed by atoms with Crippen molar-refractivity contribution < 1.29 is 4.39 Å². The van der Waals surface area contributed by atoms with Crippen LogP contribution in [0, 0.1) is 11.7 Å². The van der Waals surface area contributed by atoms with Crippen molar-refractivity contribution in [2.75, 3.05) is 7.05 Å². The van der Waals surface area contributed by atoms with Crippen LogP contribution in [0.3, 0.4) is 0 Å². The second-order valence-electron chi connectivity index (χ2n) is 3.68. The molecule has 0 aliphatic carbocycles. The Morgan fingerprint density at radius 3 is 2.50 bits per heavy atom. The molecule has 0 bridgehead atoms. The first-order valence-corrected chi connectivity index (χ1v) is 5.06. The summed E-state index contributed by atoms with van der Waals surface area (Å²) in [6.07, 6.45) is 0. The summed E-state index contributed by atoms with van der Waals surface area (Å²) >= 11 is 6.01. The van der Waals surface area contributed by atoms with Gasteiger partial charge in [0.1, 0.15) is 5.82 Å². The largest absolute Gasteiger partial charge is 0.313 e. The molecule has 1 nitrogen and oxygen atoms in total. The van der Waals surface area contributed by atoms with Crippen molar-refractivity contribution in [1.82, 2.24) is 5.32 Å². The molecule has 14 heavy (non-hydrogen) atoms. The van der Waals surface area contributed by atoms with E-state index >= 15 is 0 Å². The first kappa shape index (κ1) is 11.5. The lowest BCUT2D eigenvalue weighted by Gasteiger charge is -2.21. The summed E-state index contributed by atoms with van der Waals surface area (Å²) in [7, 11) is 1.85. The van der Waals surface area contributed by atoms with Gasteiger partial charge in [-0.15, -0.1) is 0 Å². The summed E-state index contributed by atoms with van der Waals surface area (Å²) in [4.78, 5) is 0. The van der Waals surface area contributed by atoms with Crippen LogP contribution in [0.25, 0.3) is 0 Å². The van der Waals surface area contributed by atoms with Gasteiger partial charge in [0.2, 0.25) is 0 Å². The minimum absolute atomic E-state index is 0.0956. The van der Waals surface area contributed by atoms with Crippen molar-refractivity contribution in [2.24, 2.45) is 5.92 Å². The van der Waals surface area contributed by atoms with E-state index in [1.807, 2.05) is 7.05 Å².